The van der Waals surface area contributed by atoms with E-state index in [0.717, 1.165) is 48.4 Å². The van der Waals surface area contributed by atoms with Crippen molar-refractivity contribution in [2.75, 3.05) is 43.4 Å². The number of carbonyl (C=O) groups is 2. The fourth-order valence-electron chi connectivity index (χ4n) is 5.02. The number of guanidine groups is 1. The third kappa shape index (κ3) is 5.82. The summed E-state index contributed by atoms with van der Waals surface area (Å²) in [6, 6.07) is 19.5. The monoisotopic (exact) mass is 548 g/mol. The number of likely N-dealkylation sites (N-methyl/N-ethyl adjacent to an activating group) is 1. The molecule has 1 fully saturated rings. The second-order valence-corrected chi connectivity index (χ2v) is 10.4. The topological polar surface area (TPSA) is 118 Å². The van der Waals surface area contributed by atoms with E-state index in [0.29, 0.717) is 22.9 Å². The minimum Gasteiger partial charge on any atom is -0.369 e. The van der Waals surface area contributed by atoms with Crippen LogP contribution in [0.15, 0.2) is 83.7 Å². The Kier molecular flexibility index (Phi) is 7.22. The van der Waals surface area contributed by atoms with E-state index in [2.05, 4.69) is 47.8 Å². The number of hydrogen-bond donors (Lipinski definition) is 4. The molecule has 0 saturated carbocycles. The van der Waals surface area contributed by atoms with Crippen molar-refractivity contribution in [1.29, 1.82) is 0 Å². The maximum Gasteiger partial charge on any atom is 0.276 e. The predicted molar refractivity (Wildman–Crippen MR) is 162 cm³/mol. The Labute approximate surface area is 238 Å². The van der Waals surface area contributed by atoms with E-state index in [1.165, 1.54) is 0 Å². The highest BCUT2D eigenvalue weighted by Crippen LogP contribution is 2.25. The molecule has 0 spiro atoms. The van der Waals surface area contributed by atoms with Crippen LogP contribution in [-0.4, -0.2) is 65.9 Å². The van der Waals surface area contributed by atoms with Gasteiger partial charge in [-0.25, -0.2) is 9.98 Å². The van der Waals surface area contributed by atoms with Gasteiger partial charge < -0.3 is 25.4 Å². The summed E-state index contributed by atoms with van der Waals surface area (Å²) in [7, 11) is 2.13. The second-order valence-electron chi connectivity index (χ2n) is 10.4. The standard InChI is InChI=1S/C31H32N8O2/c1-20(21-6-4-3-5-7-21)34-31-36-27(30(41)37-31)16-23-18-32-28-26(23)17-24(19-33-28)35-29(40)22-8-10-25(11-9-22)39-14-12-38(2)13-15-39/h3-11,16-20H,12-15H2,1-2H3,(H,32,33)(H,35,40)(H2,34,36,37,41). The van der Waals surface area contributed by atoms with Gasteiger partial charge >= 0.3 is 0 Å². The Hall–Kier alpha value is -4.96. The van der Waals surface area contributed by atoms with E-state index < -0.39 is 0 Å². The number of benzene rings is 2. The van der Waals surface area contributed by atoms with Gasteiger partial charge in [-0.2, -0.15) is 0 Å². The number of amides is 2. The summed E-state index contributed by atoms with van der Waals surface area (Å²) in [4.78, 5) is 42.3. The van der Waals surface area contributed by atoms with Crippen LogP contribution < -0.4 is 20.9 Å². The zero-order chi connectivity index (χ0) is 28.3. The van der Waals surface area contributed by atoms with Crippen molar-refractivity contribution in [3.05, 3.63) is 95.4 Å². The van der Waals surface area contributed by atoms with E-state index in [9.17, 15) is 9.59 Å². The lowest BCUT2D eigenvalue weighted by atomic mass is 10.1. The summed E-state index contributed by atoms with van der Waals surface area (Å²) in [5, 5.41) is 9.75. The van der Waals surface area contributed by atoms with Crippen LogP contribution in [0.25, 0.3) is 17.1 Å². The van der Waals surface area contributed by atoms with Crippen molar-refractivity contribution >= 4 is 46.3 Å². The van der Waals surface area contributed by atoms with Crippen LogP contribution in [0.3, 0.4) is 0 Å². The Morgan fingerprint density at radius 1 is 1.05 bits per heavy atom. The number of piperazine rings is 1. The van der Waals surface area contributed by atoms with Crippen LogP contribution >= 0.6 is 0 Å². The van der Waals surface area contributed by atoms with Crippen molar-refractivity contribution < 1.29 is 9.59 Å². The van der Waals surface area contributed by atoms with E-state index in [1.54, 1.807) is 18.5 Å². The van der Waals surface area contributed by atoms with Crippen molar-refractivity contribution in [2.45, 2.75) is 13.0 Å². The molecule has 1 saturated heterocycles. The first-order chi connectivity index (χ1) is 19.9. The lowest BCUT2D eigenvalue weighted by molar-refractivity contribution is -0.115. The van der Waals surface area contributed by atoms with E-state index in [1.807, 2.05) is 67.6 Å². The largest absolute Gasteiger partial charge is 0.369 e. The van der Waals surface area contributed by atoms with Crippen molar-refractivity contribution in [3.63, 3.8) is 0 Å². The van der Waals surface area contributed by atoms with Gasteiger partial charge in [-0.1, -0.05) is 30.3 Å². The van der Waals surface area contributed by atoms with E-state index in [4.69, 9.17) is 0 Å². The molecule has 2 aliphatic heterocycles. The highest BCUT2D eigenvalue weighted by molar-refractivity contribution is 6.14. The summed E-state index contributed by atoms with van der Waals surface area (Å²) in [6.45, 7) is 6.01. The number of nitrogens with zero attached hydrogens (tertiary/aromatic N) is 4. The summed E-state index contributed by atoms with van der Waals surface area (Å²) in [5.74, 6) is -0.101. The van der Waals surface area contributed by atoms with Crippen molar-refractivity contribution in [3.8, 4) is 0 Å². The quantitative estimate of drug-likeness (QED) is 0.273. The zero-order valence-corrected chi connectivity index (χ0v) is 23.0. The minimum atomic E-state index is -0.292. The molecule has 4 aromatic rings. The molecule has 0 radical (unpaired) electrons. The fraction of sp³-hybridized carbons (Fsp3) is 0.226. The van der Waals surface area contributed by atoms with Gasteiger partial charge in [0, 0.05) is 54.6 Å². The van der Waals surface area contributed by atoms with Crippen molar-refractivity contribution in [2.24, 2.45) is 4.99 Å². The number of rotatable bonds is 6. The number of nitrogens with one attached hydrogen (secondary N) is 4. The van der Waals surface area contributed by atoms with Gasteiger partial charge in [0.15, 0.2) is 0 Å². The third-order valence-electron chi connectivity index (χ3n) is 7.46. The second kappa shape index (κ2) is 11.3. The maximum atomic E-state index is 13.0. The predicted octanol–water partition coefficient (Wildman–Crippen LogP) is 3.74. The van der Waals surface area contributed by atoms with Gasteiger partial charge in [-0.15, -0.1) is 0 Å². The van der Waals surface area contributed by atoms with Gasteiger partial charge in [0.05, 0.1) is 17.9 Å². The lowest BCUT2D eigenvalue weighted by Crippen LogP contribution is -2.44. The number of aromatic amines is 1. The average molecular weight is 549 g/mol. The van der Waals surface area contributed by atoms with Gasteiger partial charge in [0.1, 0.15) is 11.3 Å². The number of hydrogen-bond acceptors (Lipinski definition) is 7. The molecule has 208 valence electrons. The number of anilines is 2. The molecule has 10 nitrogen and oxygen atoms in total. The summed E-state index contributed by atoms with van der Waals surface area (Å²) < 4.78 is 0. The van der Waals surface area contributed by atoms with Crippen LogP contribution in [0.1, 0.15) is 34.5 Å². The number of pyridine rings is 1. The van der Waals surface area contributed by atoms with Gasteiger partial charge in [-0.3, -0.25) is 14.9 Å². The molecular formula is C31H32N8O2. The Morgan fingerprint density at radius 2 is 1.80 bits per heavy atom. The molecule has 1 atom stereocenters. The fourth-order valence-corrected chi connectivity index (χ4v) is 5.02. The minimum absolute atomic E-state index is 0.0268. The molecule has 0 bridgehead atoms. The van der Waals surface area contributed by atoms with Gasteiger partial charge in [0.2, 0.25) is 5.96 Å². The molecule has 0 aliphatic carbocycles. The lowest BCUT2D eigenvalue weighted by Gasteiger charge is -2.34. The maximum absolute atomic E-state index is 13.0. The first kappa shape index (κ1) is 26.3. The number of carbonyl (C=O) groups excluding carboxylic acids is 2. The molecule has 2 aliphatic rings. The van der Waals surface area contributed by atoms with Crippen LogP contribution in [0.5, 0.6) is 0 Å². The Balaban J connectivity index is 1.15. The first-order valence-electron chi connectivity index (χ1n) is 13.7. The van der Waals surface area contributed by atoms with Gasteiger partial charge in [-0.05, 0) is 55.9 Å². The summed E-state index contributed by atoms with van der Waals surface area (Å²) >= 11 is 0. The smallest absolute Gasteiger partial charge is 0.276 e. The molecule has 6 rings (SSSR count). The van der Waals surface area contributed by atoms with Crippen LogP contribution in [0, 0.1) is 0 Å². The van der Waals surface area contributed by atoms with Crippen LogP contribution in [0.4, 0.5) is 11.4 Å². The number of fused-ring (bicyclic) bond motifs is 1. The Bertz CT molecular complexity index is 1630. The van der Waals surface area contributed by atoms with Crippen LogP contribution in [0.2, 0.25) is 0 Å². The normalized spacial score (nSPS) is 17.4. The molecule has 41 heavy (non-hydrogen) atoms. The molecule has 4 N–H and O–H groups in total. The molecule has 2 aromatic carbocycles. The molecule has 1 unspecified atom stereocenters. The molecule has 4 heterocycles. The summed E-state index contributed by atoms with van der Waals surface area (Å²) in [6.07, 6.45) is 5.09. The SMILES string of the molecule is CC(NC1=NC(=Cc2c[nH]c3ncc(NC(=O)c4ccc(N5CCN(C)CC5)cc4)cc23)C(=O)N1)c1ccccc1. The highest BCUT2D eigenvalue weighted by Gasteiger charge is 2.22. The van der Waals surface area contributed by atoms with Gasteiger partial charge in [0.25, 0.3) is 11.8 Å². The molecule has 2 aromatic heterocycles. The average Bonchev–Trinajstić information content (AvgIpc) is 3.55. The first-order valence-corrected chi connectivity index (χ1v) is 13.7. The van der Waals surface area contributed by atoms with E-state index >= 15 is 0 Å². The molecular weight excluding hydrogens is 516 g/mol. The van der Waals surface area contributed by atoms with E-state index in [-0.39, 0.29) is 23.6 Å². The Morgan fingerprint density at radius 3 is 2.56 bits per heavy atom. The molecule has 2 amide bonds. The highest BCUT2D eigenvalue weighted by atomic mass is 16.2. The number of H-pyrrole nitrogens is 1. The zero-order valence-electron chi connectivity index (χ0n) is 23.0. The summed E-state index contributed by atoms with van der Waals surface area (Å²) in [5.41, 5.74) is 5.00. The van der Waals surface area contributed by atoms with Crippen molar-refractivity contribution in [1.82, 2.24) is 25.5 Å². The molecule has 10 heteroatoms. The third-order valence-corrected chi connectivity index (χ3v) is 7.46. The number of aliphatic imine (C=N–C) groups is 1. The number of aromatic nitrogens is 2. The van der Waals surface area contributed by atoms with Crippen LogP contribution in [-0.2, 0) is 4.79 Å².